The Bertz CT molecular complexity index is 147. The highest BCUT2D eigenvalue weighted by molar-refractivity contribution is 7.78. The van der Waals surface area contributed by atoms with Crippen molar-refractivity contribution in [2.45, 2.75) is 19.9 Å². The van der Waals surface area contributed by atoms with E-state index in [0.717, 1.165) is 0 Å². The van der Waals surface area contributed by atoms with Gasteiger partial charge in [0.15, 0.2) is 0 Å². The Kier molecular flexibility index (Phi) is 4.77. The number of methoxy groups -OCH3 is 1. The molecule has 0 spiro atoms. The molecular formula is C7H13NO2S. The molecule has 1 N–H and O–H groups in total. The summed E-state index contributed by atoms with van der Waals surface area (Å²) in [5.41, 5.74) is 1.33. The molecule has 0 aromatic heterocycles. The molecule has 4 heteroatoms. The van der Waals surface area contributed by atoms with Gasteiger partial charge < -0.3 is 10.1 Å². The third kappa shape index (κ3) is 3.32. The molecule has 0 heterocycles. The standard InChI is InChI=1S/C7H13NO2S/c1-5(2)6(8-4-11)7(9)10-3/h4-6H,1-3H3,(H,8,11). The Morgan fingerprint density at radius 1 is 1.64 bits per heavy atom. The van der Waals surface area contributed by atoms with E-state index in [0.29, 0.717) is 0 Å². The molecule has 1 unspecified atom stereocenters. The Hall–Kier alpha value is -0.640. The van der Waals surface area contributed by atoms with Gasteiger partial charge in [-0.1, -0.05) is 26.1 Å². The van der Waals surface area contributed by atoms with Gasteiger partial charge in [0, 0.05) is 0 Å². The van der Waals surface area contributed by atoms with Crippen molar-refractivity contribution < 1.29 is 9.53 Å². The lowest BCUT2D eigenvalue weighted by Crippen LogP contribution is -2.40. The number of nitrogens with one attached hydrogen (secondary N) is 1. The van der Waals surface area contributed by atoms with Crippen LogP contribution in [0.1, 0.15) is 13.8 Å². The second kappa shape index (κ2) is 5.07. The minimum atomic E-state index is -0.322. The zero-order valence-electron chi connectivity index (χ0n) is 6.96. The SMILES string of the molecule is COC(=O)C(NC=S)C(C)C. The monoisotopic (exact) mass is 175 g/mol. The molecule has 0 rings (SSSR count). The molecule has 0 saturated heterocycles. The predicted molar refractivity (Wildman–Crippen MR) is 47.4 cm³/mol. The number of esters is 1. The van der Waals surface area contributed by atoms with Crippen molar-refractivity contribution in [1.82, 2.24) is 5.32 Å². The number of hydrogen-bond donors (Lipinski definition) is 1. The van der Waals surface area contributed by atoms with E-state index in [1.54, 1.807) is 0 Å². The van der Waals surface area contributed by atoms with E-state index in [-0.39, 0.29) is 17.9 Å². The fraction of sp³-hybridized carbons (Fsp3) is 0.714. The fourth-order valence-electron chi connectivity index (χ4n) is 0.733. The van der Waals surface area contributed by atoms with Gasteiger partial charge in [-0.25, -0.2) is 4.79 Å². The molecular weight excluding hydrogens is 162 g/mol. The maximum Gasteiger partial charge on any atom is 0.328 e. The molecule has 0 fully saturated rings. The van der Waals surface area contributed by atoms with E-state index < -0.39 is 0 Å². The number of ether oxygens (including phenoxy) is 1. The lowest BCUT2D eigenvalue weighted by Gasteiger charge is -2.17. The first-order valence-corrected chi connectivity index (χ1v) is 3.88. The highest BCUT2D eigenvalue weighted by Gasteiger charge is 2.20. The van der Waals surface area contributed by atoms with Gasteiger partial charge in [-0.15, -0.1) is 0 Å². The van der Waals surface area contributed by atoms with Gasteiger partial charge in [0.2, 0.25) is 0 Å². The second-order valence-electron chi connectivity index (χ2n) is 2.53. The van der Waals surface area contributed by atoms with Gasteiger partial charge in [-0.3, -0.25) is 0 Å². The molecule has 0 aliphatic rings. The zero-order chi connectivity index (χ0) is 8.85. The summed E-state index contributed by atoms with van der Waals surface area (Å²) in [6, 6.07) is -0.322. The summed E-state index contributed by atoms with van der Waals surface area (Å²) < 4.78 is 4.56. The highest BCUT2D eigenvalue weighted by atomic mass is 32.1. The van der Waals surface area contributed by atoms with Gasteiger partial charge in [0.1, 0.15) is 6.04 Å². The van der Waals surface area contributed by atoms with Gasteiger partial charge in [0.25, 0.3) is 0 Å². The number of hydrogen-bond acceptors (Lipinski definition) is 3. The van der Waals surface area contributed by atoms with Crippen LogP contribution in [0.2, 0.25) is 0 Å². The highest BCUT2D eigenvalue weighted by Crippen LogP contribution is 2.01. The van der Waals surface area contributed by atoms with Crippen molar-refractivity contribution in [2.24, 2.45) is 5.92 Å². The molecule has 1 atom stereocenters. The van der Waals surface area contributed by atoms with Crippen molar-refractivity contribution in [3.05, 3.63) is 0 Å². The lowest BCUT2D eigenvalue weighted by molar-refractivity contribution is -0.143. The zero-order valence-corrected chi connectivity index (χ0v) is 7.77. The van der Waals surface area contributed by atoms with Crippen LogP contribution in [0.15, 0.2) is 0 Å². The van der Waals surface area contributed by atoms with Crippen molar-refractivity contribution >= 4 is 23.7 Å². The topological polar surface area (TPSA) is 38.3 Å². The summed E-state index contributed by atoms with van der Waals surface area (Å²) in [6.45, 7) is 3.85. The van der Waals surface area contributed by atoms with Gasteiger partial charge >= 0.3 is 5.97 Å². The Labute approximate surface area is 72.1 Å². The summed E-state index contributed by atoms with van der Waals surface area (Å²) in [4.78, 5) is 11.0. The van der Waals surface area contributed by atoms with E-state index >= 15 is 0 Å². The lowest BCUT2D eigenvalue weighted by atomic mass is 10.1. The summed E-state index contributed by atoms with van der Waals surface area (Å²) in [5.74, 6) is -0.0947. The average molecular weight is 175 g/mol. The minimum Gasteiger partial charge on any atom is -0.467 e. The van der Waals surface area contributed by atoms with Crippen LogP contribution in [0.3, 0.4) is 0 Å². The molecule has 3 nitrogen and oxygen atoms in total. The summed E-state index contributed by atoms with van der Waals surface area (Å²) in [6.07, 6.45) is 0. The molecule has 0 saturated carbocycles. The van der Waals surface area contributed by atoms with Crippen LogP contribution in [0.25, 0.3) is 0 Å². The molecule has 0 amide bonds. The summed E-state index contributed by atoms with van der Waals surface area (Å²) in [5, 5.41) is 2.75. The third-order valence-electron chi connectivity index (χ3n) is 1.37. The second-order valence-corrected chi connectivity index (χ2v) is 2.77. The molecule has 0 aromatic carbocycles. The Balaban J connectivity index is 4.08. The fourth-order valence-corrected chi connectivity index (χ4v) is 0.880. The van der Waals surface area contributed by atoms with Gasteiger partial charge in [-0.2, -0.15) is 0 Å². The molecule has 64 valence electrons. The van der Waals surface area contributed by atoms with Crippen LogP contribution in [0, 0.1) is 5.92 Å². The van der Waals surface area contributed by atoms with Gasteiger partial charge in [-0.05, 0) is 5.92 Å². The van der Waals surface area contributed by atoms with Crippen LogP contribution in [-0.2, 0) is 9.53 Å². The largest absolute Gasteiger partial charge is 0.467 e. The molecule has 0 aromatic rings. The van der Waals surface area contributed by atoms with Crippen LogP contribution in [0.4, 0.5) is 0 Å². The maximum absolute atomic E-state index is 11.0. The number of carbonyl (C=O) groups excluding carboxylic acids is 1. The molecule has 11 heavy (non-hydrogen) atoms. The first-order chi connectivity index (χ1) is 5.13. The maximum atomic E-state index is 11.0. The van der Waals surface area contributed by atoms with E-state index in [4.69, 9.17) is 0 Å². The molecule has 0 aliphatic carbocycles. The van der Waals surface area contributed by atoms with Crippen molar-refractivity contribution in [3.8, 4) is 0 Å². The van der Waals surface area contributed by atoms with Crippen LogP contribution >= 0.6 is 12.2 Å². The van der Waals surface area contributed by atoms with Gasteiger partial charge in [0.05, 0.1) is 12.6 Å². The van der Waals surface area contributed by atoms with E-state index in [1.165, 1.54) is 12.6 Å². The first-order valence-electron chi connectivity index (χ1n) is 3.41. The normalized spacial score (nSPS) is 12.4. The van der Waals surface area contributed by atoms with Crippen LogP contribution < -0.4 is 5.32 Å². The predicted octanol–water partition coefficient (Wildman–Crippen LogP) is 0.731. The summed E-state index contributed by atoms with van der Waals surface area (Å²) >= 11 is 4.57. The Morgan fingerprint density at radius 3 is 2.45 bits per heavy atom. The number of thiocarbonyl (C=S) groups is 1. The van der Waals surface area contributed by atoms with Crippen molar-refractivity contribution in [1.29, 1.82) is 0 Å². The molecule has 0 aliphatic heterocycles. The Morgan fingerprint density at radius 2 is 2.18 bits per heavy atom. The smallest absolute Gasteiger partial charge is 0.328 e. The van der Waals surface area contributed by atoms with E-state index in [9.17, 15) is 4.79 Å². The quantitative estimate of drug-likeness (QED) is 0.505. The molecule has 0 radical (unpaired) electrons. The van der Waals surface area contributed by atoms with Crippen molar-refractivity contribution in [2.75, 3.05) is 7.11 Å². The van der Waals surface area contributed by atoms with Crippen LogP contribution in [0.5, 0.6) is 0 Å². The molecule has 0 bridgehead atoms. The van der Waals surface area contributed by atoms with E-state index in [1.807, 2.05) is 13.8 Å². The average Bonchev–Trinajstić information content (AvgIpc) is 1.98. The van der Waals surface area contributed by atoms with Crippen molar-refractivity contribution in [3.63, 3.8) is 0 Å². The summed E-state index contributed by atoms with van der Waals surface area (Å²) in [7, 11) is 1.36. The third-order valence-corrected chi connectivity index (χ3v) is 1.51. The van der Waals surface area contributed by atoms with Crippen LogP contribution in [-0.4, -0.2) is 24.6 Å². The number of carbonyl (C=O) groups is 1. The minimum absolute atomic E-state index is 0.182. The number of rotatable bonds is 4. The van der Waals surface area contributed by atoms with E-state index in [2.05, 4.69) is 22.3 Å². The first kappa shape index (κ1) is 10.4.